The van der Waals surface area contributed by atoms with Crippen molar-refractivity contribution >= 4 is 45.6 Å². The fourth-order valence-corrected chi connectivity index (χ4v) is 7.25. The number of fused-ring (bicyclic) bond motifs is 1. The van der Waals surface area contributed by atoms with Crippen LogP contribution >= 0.6 is 23.1 Å². The lowest BCUT2D eigenvalue weighted by molar-refractivity contribution is -0.115. The average molecular weight is 581 g/mol. The van der Waals surface area contributed by atoms with Crippen molar-refractivity contribution in [1.29, 1.82) is 5.26 Å². The summed E-state index contributed by atoms with van der Waals surface area (Å²) in [6.45, 7) is 6.40. The highest BCUT2D eigenvalue weighted by Gasteiger charge is 2.27. The van der Waals surface area contributed by atoms with Gasteiger partial charge in [0.25, 0.3) is 5.91 Å². The molecule has 208 valence electrons. The normalized spacial score (nSPS) is 13.6. The summed E-state index contributed by atoms with van der Waals surface area (Å²) in [5, 5.41) is 16.3. The van der Waals surface area contributed by atoms with E-state index >= 15 is 0 Å². The van der Waals surface area contributed by atoms with Crippen LogP contribution in [0.25, 0.3) is 0 Å². The fraction of sp³-hybridized carbons (Fsp3) is 0.242. The van der Waals surface area contributed by atoms with Gasteiger partial charge in [-0.15, -0.1) is 23.1 Å². The molecule has 0 spiro atoms. The lowest BCUT2D eigenvalue weighted by atomic mass is 10.0. The molecule has 41 heavy (non-hydrogen) atoms. The van der Waals surface area contributed by atoms with E-state index in [0.29, 0.717) is 28.2 Å². The van der Waals surface area contributed by atoms with E-state index in [9.17, 15) is 14.9 Å². The molecule has 4 aromatic rings. The number of nitrogens with zero attached hydrogens (tertiary/aromatic N) is 2. The van der Waals surface area contributed by atoms with E-state index in [2.05, 4.69) is 45.9 Å². The van der Waals surface area contributed by atoms with Gasteiger partial charge in [0, 0.05) is 40.7 Å². The maximum absolute atomic E-state index is 13.4. The predicted molar refractivity (Wildman–Crippen MR) is 167 cm³/mol. The Morgan fingerprint density at radius 2 is 1.83 bits per heavy atom. The van der Waals surface area contributed by atoms with Crippen LogP contribution in [0.5, 0.6) is 0 Å². The minimum atomic E-state index is -0.349. The molecule has 1 aliphatic rings. The second-order valence-electron chi connectivity index (χ2n) is 10.1. The van der Waals surface area contributed by atoms with Gasteiger partial charge in [0.2, 0.25) is 5.91 Å². The summed E-state index contributed by atoms with van der Waals surface area (Å²) < 4.78 is 0. The first kappa shape index (κ1) is 28.6. The zero-order valence-corrected chi connectivity index (χ0v) is 24.8. The van der Waals surface area contributed by atoms with Crippen LogP contribution in [-0.2, 0) is 24.3 Å². The molecule has 3 aromatic carbocycles. The van der Waals surface area contributed by atoms with Gasteiger partial charge >= 0.3 is 0 Å². The standard InChI is InChI=1S/C33H32N4O2S2/c1-3-29(40-25-14-9-13-24(18-25)35-31(38)26-15-8-7-10-22(26)2)32(39)36-33-28(19-34)27-16-17-37(21-30(27)41-33)20-23-11-5-4-6-12-23/h4-15,18,29H,3,16-17,20-21H2,1-2H3,(H,35,38)(H,36,39). The third-order valence-electron chi connectivity index (χ3n) is 7.16. The summed E-state index contributed by atoms with van der Waals surface area (Å²) in [6, 6.07) is 27.8. The maximum Gasteiger partial charge on any atom is 0.255 e. The highest BCUT2D eigenvalue weighted by atomic mass is 32.2. The van der Waals surface area contributed by atoms with Gasteiger partial charge in [-0.1, -0.05) is 61.5 Å². The molecule has 2 amide bonds. The third-order valence-corrected chi connectivity index (χ3v) is 9.65. The Balaban J connectivity index is 1.25. The molecule has 1 aliphatic heterocycles. The molecule has 0 saturated heterocycles. The van der Waals surface area contributed by atoms with E-state index < -0.39 is 0 Å². The Labute approximate surface area is 249 Å². The lowest BCUT2D eigenvalue weighted by Gasteiger charge is -2.26. The number of carbonyl (C=O) groups excluding carboxylic acids is 2. The first-order valence-electron chi connectivity index (χ1n) is 13.7. The summed E-state index contributed by atoms with van der Waals surface area (Å²) in [6.07, 6.45) is 1.42. The first-order valence-corrected chi connectivity index (χ1v) is 15.4. The van der Waals surface area contributed by atoms with Crippen molar-refractivity contribution in [2.45, 2.75) is 49.9 Å². The monoisotopic (exact) mass is 580 g/mol. The SMILES string of the molecule is CCC(Sc1cccc(NC(=O)c2ccccc2C)c1)C(=O)Nc1sc2c(c1C#N)CCN(Cc1ccccc1)C2. The third kappa shape index (κ3) is 6.88. The van der Waals surface area contributed by atoms with Crippen molar-refractivity contribution in [3.63, 3.8) is 0 Å². The van der Waals surface area contributed by atoms with Crippen LogP contribution in [0.1, 0.15) is 50.8 Å². The lowest BCUT2D eigenvalue weighted by Crippen LogP contribution is -2.29. The average Bonchev–Trinajstić information content (AvgIpc) is 3.32. The van der Waals surface area contributed by atoms with Crippen molar-refractivity contribution in [2.24, 2.45) is 0 Å². The van der Waals surface area contributed by atoms with Crippen molar-refractivity contribution in [3.05, 3.63) is 112 Å². The highest BCUT2D eigenvalue weighted by molar-refractivity contribution is 8.00. The Morgan fingerprint density at radius 1 is 1.05 bits per heavy atom. The zero-order valence-electron chi connectivity index (χ0n) is 23.1. The van der Waals surface area contributed by atoms with Gasteiger partial charge < -0.3 is 10.6 Å². The molecule has 5 rings (SSSR count). The number of rotatable bonds is 9. The molecule has 2 heterocycles. The highest BCUT2D eigenvalue weighted by Crippen LogP contribution is 2.38. The largest absolute Gasteiger partial charge is 0.322 e. The fourth-order valence-electron chi connectivity index (χ4n) is 4.99. The molecule has 2 N–H and O–H groups in total. The number of hydrogen-bond donors (Lipinski definition) is 2. The van der Waals surface area contributed by atoms with Crippen LogP contribution in [0.4, 0.5) is 10.7 Å². The van der Waals surface area contributed by atoms with Crippen LogP contribution in [0.15, 0.2) is 83.8 Å². The van der Waals surface area contributed by atoms with Crippen LogP contribution in [-0.4, -0.2) is 28.5 Å². The molecular formula is C33H32N4O2S2. The Kier molecular flexibility index (Phi) is 9.20. The number of aryl methyl sites for hydroxylation is 1. The van der Waals surface area contributed by atoms with E-state index in [1.165, 1.54) is 28.7 Å². The molecule has 0 saturated carbocycles. The Bertz CT molecular complexity index is 1590. The summed E-state index contributed by atoms with van der Waals surface area (Å²) in [5.74, 6) is -0.286. The molecule has 0 radical (unpaired) electrons. The number of nitrogens with one attached hydrogen (secondary N) is 2. The quantitative estimate of drug-likeness (QED) is 0.204. The number of thiophene rings is 1. The Hall–Kier alpha value is -3.90. The molecule has 0 bridgehead atoms. The molecule has 6 nitrogen and oxygen atoms in total. The number of hydrogen-bond acceptors (Lipinski definition) is 6. The number of thioether (sulfide) groups is 1. The van der Waals surface area contributed by atoms with E-state index in [1.54, 1.807) is 6.07 Å². The predicted octanol–water partition coefficient (Wildman–Crippen LogP) is 7.25. The molecule has 1 aromatic heterocycles. The van der Waals surface area contributed by atoms with E-state index in [0.717, 1.165) is 47.0 Å². The van der Waals surface area contributed by atoms with Gasteiger partial charge in [-0.05, 0) is 60.7 Å². The van der Waals surface area contributed by atoms with Gasteiger partial charge in [0.15, 0.2) is 0 Å². The maximum atomic E-state index is 13.4. The number of anilines is 2. The zero-order chi connectivity index (χ0) is 28.8. The summed E-state index contributed by atoms with van der Waals surface area (Å²) in [7, 11) is 0. The van der Waals surface area contributed by atoms with Crippen LogP contribution in [0, 0.1) is 18.3 Å². The molecule has 0 fully saturated rings. The van der Waals surface area contributed by atoms with Crippen molar-refractivity contribution in [1.82, 2.24) is 4.90 Å². The van der Waals surface area contributed by atoms with Crippen LogP contribution in [0.3, 0.4) is 0 Å². The van der Waals surface area contributed by atoms with E-state index in [-0.39, 0.29) is 17.1 Å². The van der Waals surface area contributed by atoms with Crippen molar-refractivity contribution in [3.8, 4) is 6.07 Å². The number of carbonyl (C=O) groups is 2. The molecule has 1 unspecified atom stereocenters. The number of nitriles is 1. The summed E-state index contributed by atoms with van der Waals surface area (Å²) in [4.78, 5) is 30.6. The smallest absolute Gasteiger partial charge is 0.255 e. The first-order chi connectivity index (χ1) is 19.9. The van der Waals surface area contributed by atoms with Gasteiger partial charge in [-0.2, -0.15) is 5.26 Å². The molecule has 1 atom stereocenters. The molecule has 8 heteroatoms. The van der Waals surface area contributed by atoms with Gasteiger partial charge in [-0.3, -0.25) is 14.5 Å². The second-order valence-corrected chi connectivity index (χ2v) is 12.4. The Morgan fingerprint density at radius 3 is 2.59 bits per heavy atom. The molecular weight excluding hydrogens is 549 g/mol. The summed E-state index contributed by atoms with van der Waals surface area (Å²) >= 11 is 2.98. The minimum Gasteiger partial charge on any atom is -0.322 e. The van der Waals surface area contributed by atoms with Crippen LogP contribution in [0.2, 0.25) is 0 Å². The summed E-state index contributed by atoms with van der Waals surface area (Å²) in [5.41, 5.74) is 5.15. The van der Waals surface area contributed by atoms with Crippen molar-refractivity contribution < 1.29 is 9.59 Å². The number of amides is 2. The van der Waals surface area contributed by atoms with E-state index in [4.69, 9.17) is 0 Å². The van der Waals surface area contributed by atoms with Crippen molar-refractivity contribution in [2.75, 3.05) is 17.2 Å². The molecule has 0 aliphatic carbocycles. The van der Waals surface area contributed by atoms with Gasteiger partial charge in [0.05, 0.1) is 10.8 Å². The minimum absolute atomic E-state index is 0.122. The second kappa shape index (κ2) is 13.2. The van der Waals surface area contributed by atoms with Crippen LogP contribution < -0.4 is 10.6 Å². The van der Waals surface area contributed by atoms with E-state index in [1.807, 2.05) is 62.4 Å². The topological polar surface area (TPSA) is 85.2 Å². The number of benzene rings is 3. The van der Waals surface area contributed by atoms with Gasteiger partial charge in [-0.25, -0.2) is 0 Å². The van der Waals surface area contributed by atoms with Gasteiger partial charge in [0.1, 0.15) is 11.1 Å².